The molecule has 0 saturated carbocycles. The smallest absolute Gasteiger partial charge is 0.339 e. The number of hydrogen-bond acceptors (Lipinski definition) is 16. The molecule has 404 valence electrons. The number of nitrogens with zero attached hydrogens (tertiary/aromatic N) is 2. The van der Waals surface area contributed by atoms with Gasteiger partial charge in [-0.2, -0.15) is 17.6 Å². The molecule has 0 aliphatic carbocycles. The first-order valence-corrected chi connectivity index (χ1v) is 26.8. The Labute approximate surface area is 460 Å². The Morgan fingerprint density at radius 1 is 0.494 bits per heavy atom. The SMILES string of the molecule is COc1ccc(S(=O)(=O)Cl)cc1OC.COc1ccc(S(=O)(=O)Oc2c(OC)ccc3cc4[n+](cc23)CCc2cc3c(cc2-4)OCO3)cc1OC.COc1ccc2cc3[n+](cc2c1O)CCc1cc2c(cc1-3)OCO2.[Cl-].[Cl-]. The number of aryl methyl sites for hydroxylation is 4. The van der Waals surface area contributed by atoms with Gasteiger partial charge in [-0.25, -0.2) is 8.42 Å². The first-order valence-electron chi connectivity index (χ1n) is 23.1. The Hall–Kier alpha value is -7.49. The number of phenols is 1. The van der Waals surface area contributed by atoms with Crippen LogP contribution >= 0.6 is 10.7 Å². The number of hydrogen-bond donors (Lipinski definition) is 1. The monoisotopic (exact) mass is 1150 g/mol. The second-order valence-electron chi connectivity index (χ2n) is 17.2. The fourth-order valence-corrected chi connectivity index (χ4v) is 11.1. The molecule has 0 fully saturated rings. The molecule has 0 radical (unpaired) electrons. The van der Waals surface area contributed by atoms with Gasteiger partial charge in [0.15, 0.2) is 94.5 Å². The summed E-state index contributed by atoms with van der Waals surface area (Å²) >= 11 is 0. The van der Waals surface area contributed by atoms with Crippen LogP contribution in [-0.2, 0) is 45.1 Å². The summed E-state index contributed by atoms with van der Waals surface area (Å²) in [7, 11) is 6.05. The van der Waals surface area contributed by atoms with Gasteiger partial charge >= 0.3 is 10.1 Å². The average molecular weight is 1150 g/mol. The van der Waals surface area contributed by atoms with Crippen molar-refractivity contribution in [2.24, 2.45) is 0 Å². The highest BCUT2D eigenvalue weighted by atomic mass is 35.7. The molecule has 0 saturated heterocycles. The molecule has 0 unspecified atom stereocenters. The van der Waals surface area contributed by atoms with Gasteiger partial charge in [-0.3, -0.25) is 0 Å². The van der Waals surface area contributed by atoms with Crippen molar-refractivity contribution >= 4 is 51.4 Å². The molecule has 23 heteroatoms. The number of ether oxygens (including phenoxy) is 10. The van der Waals surface area contributed by atoms with E-state index in [1.807, 2.05) is 42.7 Å². The fourth-order valence-electron chi connectivity index (χ4n) is 9.32. The summed E-state index contributed by atoms with van der Waals surface area (Å²) in [5.41, 5.74) is 6.75. The van der Waals surface area contributed by atoms with Crippen LogP contribution in [-0.4, -0.2) is 78.2 Å². The molecule has 8 aromatic rings. The van der Waals surface area contributed by atoms with Crippen molar-refractivity contribution in [3.8, 4) is 91.5 Å². The standard InChI is InChI=1S/C27H24NO8S.C19H15NO4.C8H9ClO4S.2ClH/c1-31-22-7-5-18(12-24(22)33-3)37(29,30)36-27-20-14-28-9-8-17-11-25-26(35-15-34-25)13-19(17)21(28)10-16(20)4-6-23(27)32-2;1-22-16-3-2-11-6-15-13-8-18-17(23-10-24-18)7-12(13)4-5-20(15)9-14(11)19(16)21;1-12-7-4-3-6(14(9,10)11)5-8(7)13-2;;/h4-7,10-14H,8-9,15H2,1-3H3;2-3,6-9H,4-5,10H2,1H3;3-5H,1-2H3;2*1H/q+1;;;;/p-1. The van der Waals surface area contributed by atoms with Crippen molar-refractivity contribution in [2.45, 2.75) is 35.7 Å². The highest BCUT2D eigenvalue weighted by Crippen LogP contribution is 2.44. The zero-order valence-electron chi connectivity index (χ0n) is 42.1. The first-order chi connectivity index (χ1) is 36.1. The second kappa shape index (κ2) is 22.6. The molecule has 4 aliphatic heterocycles. The maximum absolute atomic E-state index is 13.3. The summed E-state index contributed by atoms with van der Waals surface area (Å²) in [4.78, 5) is -0.0864. The van der Waals surface area contributed by atoms with Gasteiger partial charge in [0.05, 0.1) is 69.5 Å². The van der Waals surface area contributed by atoms with E-state index in [0.717, 1.165) is 75.3 Å². The topological polar surface area (TPSA) is 198 Å². The third kappa shape index (κ3) is 10.8. The minimum Gasteiger partial charge on any atom is -1.00 e. The summed E-state index contributed by atoms with van der Waals surface area (Å²) < 4.78 is 112. The predicted octanol–water partition coefficient (Wildman–Crippen LogP) is 2.31. The van der Waals surface area contributed by atoms with Crippen LogP contribution in [0.1, 0.15) is 11.1 Å². The molecule has 0 bridgehead atoms. The number of benzene rings is 6. The minimum atomic E-state index is -4.23. The number of aromatic hydroxyl groups is 1. The molecular formula is C54H49Cl3N2O16S2. The highest BCUT2D eigenvalue weighted by Gasteiger charge is 2.32. The lowest BCUT2D eigenvalue weighted by Gasteiger charge is -2.18. The van der Waals surface area contributed by atoms with Crippen molar-refractivity contribution < 1.29 is 107 Å². The molecule has 6 heterocycles. The molecule has 2 aromatic heterocycles. The van der Waals surface area contributed by atoms with E-state index in [-0.39, 0.29) is 65.4 Å². The predicted molar refractivity (Wildman–Crippen MR) is 274 cm³/mol. The number of methoxy groups -OCH3 is 6. The fraction of sp³-hybridized carbons (Fsp3) is 0.222. The number of fused-ring (bicyclic) bond motifs is 10. The van der Waals surface area contributed by atoms with Crippen molar-refractivity contribution in [3.05, 3.63) is 121 Å². The normalized spacial score (nSPS) is 13.0. The molecule has 0 spiro atoms. The van der Waals surface area contributed by atoms with Crippen molar-refractivity contribution in [1.82, 2.24) is 0 Å². The van der Waals surface area contributed by atoms with E-state index in [4.69, 9.17) is 62.2 Å². The largest absolute Gasteiger partial charge is 1.00 e. The Kier molecular flexibility index (Phi) is 16.4. The van der Waals surface area contributed by atoms with Crippen LogP contribution in [0.2, 0.25) is 0 Å². The zero-order chi connectivity index (χ0) is 52.8. The lowest BCUT2D eigenvalue weighted by molar-refractivity contribution is -0.686. The van der Waals surface area contributed by atoms with Gasteiger partial charge < -0.3 is 81.5 Å². The Balaban J connectivity index is 0.000000168. The maximum atomic E-state index is 13.3. The van der Waals surface area contributed by atoms with Crippen LogP contribution in [0.3, 0.4) is 0 Å². The van der Waals surface area contributed by atoms with Gasteiger partial charge in [0.25, 0.3) is 9.05 Å². The summed E-state index contributed by atoms with van der Waals surface area (Å²) in [5.74, 6) is 5.65. The third-order valence-electron chi connectivity index (χ3n) is 13.1. The van der Waals surface area contributed by atoms with Gasteiger partial charge in [0.1, 0.15) is 4.90 Å². The van der Waals surface area contributed by atoms with E-state index >= 15 is 0 Å². The quantitative estimate of drug-likeness (QED) is 0.119. The molecule has 6 aromatic carbocycles. The van der Waals surface area contributed by atoms with Gasteiger partial charge in [-0.05, 0) is 94.7 Å². The second-order valence-corrected chi connectivity index (χ2v) is 21.3. The lowest BCUT2D eigenvalue weighted by atomic mass is 9.95. The number of rotatable bonds is 10. The molecule has 77 heavy (non-hydrogen) atoms. The van der Waals surface area contributed by atoms with E-state index in [1.54, 1.807) is 19.2 Å². The van der Waals surface area contributed by atoms with Gasteiger partial charge in [-0.1, -0.05) is 0 Å². The van der Waals surface area contributed by atoms with Gasteiger partial charge in [0.2, 0.25) is 25.0 Å². The molecule has 1 N–H and O–H groups in total. The number of phenolic OH excluding ortho intramolecular Hbond substituents is 1. The minimum absolute atomic E-state index is 0. The van der Waals surface area contributed by atoms with E-state index in [0.29, 0.717) is 46.4 Å². The Morgan fingerprint density at radius 3 is 1.39 bits per heavy atom. The van der Waals surface area contributed by atoms with Gasteiger partial charge in [-0.15, -0.1) is 0 Å². The van der Waals surface area contributed by atoms with E-state index in [2.05, 4.69) is 27.3 Å². The Morgan fingerprint density at radius 2 is 0.909 bits per heavy atom. The van der Waals surface area contributed by atoms with Crippen LogP contribution < -0.4 is 85.5 Å². The number of aromatic nitrogens is 2. The highest BCUT2D eigenvalue weighted by molar-refractivity contribution is 8.13. The lowest BCUT2D eigenvalue weighted by Crippen LogP contribution is -3.00. The molecule has 0 amide bonds. The van der Waals surface area contributed by atoms with Crippen LogP contribution in [0.15, 0.2) is 119 Å². The third-order valence-corrected chi connectivity index (χ3v) is 15.7. The van der Waals surface area contributed by atoms with E-state index in [9.17, 15) is 21.9 Å². The molecule has 12 rings (SSSR count). The van der Waals surface area contributed by atoms with Crippen molar-refractivity contribution in [3.63, 3.8) is 0 Å². The van der Waals surface area contributed by atoms with E-state index in [1.165, 1.54) is 83.1 Å². The van der Waals surface area contributed by atoms with Crippen LogP contribution in [0.4, 0.5) is 0 Å². The molecule has 4 aliphatic rings. The van der Waals surface area contributed by atoms with Crippen molar-refractivity contribution in [2.75, 3.05) is 56.2 Å². The van der Waals surface area contributed by atoms with Crippen LogP contribution in [0.5, 0.6) is 69.0 Å². The summed E-state index contributed by atoms with van der Waals surface area (Å²) in [5, 5.41) is 13.6. The summed E-state index contributed by atoms with van der Waals surface area (Å²) in [6.07, 6.45) is 5.61. The molecule has 18 nitrogen and oxygen atoms in total. The van der Waals surface area contributed by atoms with Gasteiger partial charge in [0, 0.05) is 47.8 Å². The van der Waals surface area contributed by atoms with Crippen molar-refractivity contribution in [1.29, 1.82) is 0 Å². The van der Waals surface area contributed by atoms with Crippen LogP contribution in [0.25, 0.3) is 44.1 Å². The molecule has 0 atom stereocenters. The first kappa shape index (κ1) is 55.7. The zero-order valence-corrected chi connectivity index (χ0v) is 46.0. The average Bonchev–Trinajstić information content (AvgIpc) is 4.13. The van der Waals surface area contributed by atoms with E-state index < -0.39 is 19.2 Å². The number of halogens is 3. The Bertz CT molecular complexity index is 3830. The number of pyridine rings is 2. The maximum Gasteiger partial charge on any atom is 0.339 e. The summed E-state index contributed by atoms with van der Waals surface area (Å²) in [6, 6.07) is 28.1. The van der Waals surface area contributed by atoms with Crippen LogP contribution in [0, 0.1) is 0 Å². The molecular weight excluding hydrogens is 1100 g/mol. The summed E-state index contributed by atoms with van der Waals surface area (Å²) in [6.45, 7) is 2.06.